The second-order valence-corrected chi connectivity index (χ2v) is 7.33. The van der Waals surface area contributed by atoms with Gasteiger partial charge in [-0.25, -0.2) is 9.66 Å². The molecule has 27 heavy (non-hydrogen) atoms. The van der Waals surface area contributed by atoms with E-state index in [4.69, 9.17) is 17.4 Å². The fourth-order valence-corrected chi connectivity index (χ4v) is 3.58. The summed E-state index contributed by atoms with van der Waals surface area (Å²) in [6.45, 7) is 1.93. The summed E-state index contributed by atoms with van der Waals surface area (Å²) in [7, 11) is 0. The molecule has 0 radical (unpaired) electrons. The maximum Gasteiger partial charge on any atom is 0.258 e. The molecule has 9 heteroatoms. The van der Waals surface area contributed by atoms with Gasteiger partial charge < -0.3 is 10.8 Å². The standard InChI is InChI=1S/C18H15ClN6OS/c1-10-3-2-4-13-15(10)21-14(22-17(13)26)9-27-18-24-23-16(25(18)20)11-5-7-12(19)8-6-11/h2-8H,9,20H2,1H3,(H,21,22,26). The number of nitrogens with zero attached hydrogens (tertiary/aromatic N) is 4. The third kappa shape index (κ3) is 3.41. The Bertz CT molecular complexity index is 1180. The Hall–Kier alpha value is -2.84. The molecule has 0 atom stereocenters. The van der Waals surface area contributed by atoms with Crippen LogP contribution in [0.25, 0.3) is 22.3 Å². The molecule has 4 aromatic rings. The van der Waals surface area contributed by atoms with Gasteiger partial charge in [0.15, 0.2) is 5.82 Å². The second-order valence-electron chi connectivity index (χ2n) is 5.96. The van der Waals surface area contributed by atoms with Gasteiger partial charge in [0, 0.05) is 10.6 Å². The molecule has 0 unspecified atom stereocenters. The van der Waals surface area contributed by atoms with Gasteiger partial charge in [0.05, 0.1) is 16.7 Å². The van der Waals surface area contributed by atoms with Gasteiger partial charge in [-0.05, 0) is 42.8 Å². The summed E-state index contributed by atoms with van der Waals surface area (Å²) in [5.41, 5.74) is 2.31. The number of nitrogen functional groups attached to an aromatic ring is 1. The summed E-state index contributed by atoms with van der Waals surface area (Å²) in [6.07, 6.45) is 0. The van der Waals surface area contributed by atoms with E-state index in [2.05, 4.69) is 20.2 Å². The maximum atomic E-state index is 12.3. The number of aryl methyl sites for hydroxylation is 1. The van der Waals surface area contributed by atoms with Crippen molar-refractivity contribution in [1.82, 2.24) is 24.8 Å². The van der Waals surface area contributed by atoms with Crippen molar-refractivity contribution in [1.29, 1.82) is 0 Å². The fourth-order valence-electron chi connectivity index (χ4n) is 2.72. The Labute approximate surface area is 163 Å². The van der Waals surface area contributed by atoms with Crippen molar-refractivity contribution < 1.29 is 0 Å². The van der Waals surface area contributed by atoms with Gasteiger partial charge >= 0.3 is 0 Å². The van der Waals surface area contributed by atoms with E-state index in [0.717, 1.165) is 11.1 Å². The molecule has 0 amide bonds. The molecule has 3 N–H and O–H groups in total. The summed E-state index contributed by atoms with van der Waals surface area (Å²) in [4.78, 5) is 19.7. The first-order valence-electron chi connectivity index (χ1n) is 8.10. The van der Waals surface area contributed by atoms with Crippen molar-refractivity contribution in [3.63, 3.8) is 0 Å². The van der Waals surface area contributed by atoms with Gasteiger partial charge in [0.25, 0.3) is 5.56 Å². The third-order valence-electron chi connectivity index (χ3n) is 4.09. The van der Waals surface area contributed by atoms with Crippen molar-refractivity contribution in [3.8, 4) is 11.4 Å². The molecule has 0 saturated carbocycles. The minimum Gasteiger partial charge on any atom is -0.335 e. The van der Waals surface area contributed by atoms with Crippen LogP contribution in [0.1, 0.15) is 11.4 Å². The molecule has 0 aliphatic carbocycles. The fraction of sp³-hybridized carbons (Fsp3) is 0.111. The van der Waals surface area contributed by atoms with Crippen molar-refractivity contribution in [2.75, 3.05) is 5.84 Å². The molecule has 7 nitrogen and oxygen atoms in total. The van der Waals surface area contributed by atoms with Crippen LogP contribution in [0.15, 0.2) is 52.4 Å². The predicted molar refractivity (Wildman–Crippen MR) is 107 cm³/mol. The van der Waals surface area contributed by atoms with E-state index in [0.29, 0.717) is 38.5 Å². The highest BCUT2D eigenvalue weighted by Gasteiger charge is 2.13. The van der Waals surface area contributed by atoms with Crippen LogP contribution in [0.3, 0.4) is 0 Å². The summed E-state index contributed by atoms with van der Waals surface area (Å²) >= 11 is 7.26. The lowest BCUT2D eigenvalue weighted by atomic mass is 10.1. The van der Waals surface area contributed by atoms with Crippen LogP contribution in [0, 0.1) is 6.92 Å². The lowest BCUT2D eigenvalue weighted by molar-refractivity contribution is 0.848. The van der Waals surface area contributed by atoms with Crippen LogP contribution < -0.4 is 11.4 Å². The van der Waals surface area contributed by atoms with Crippen molar-refractivity contribution >= 4 is 34.3 Å². The highest BCUT2D eigenvalue weighted by atomic mass is 35.5. The van der Waals surface area contributed by atoms with E-state index in [1.807, 2.05) is 31.2 Å². The van der Waals surface area contributed by atoms with Crippen LogP contribution in [-0.2, 0) is 5.75 Å². The number of thioether (sulfide) groups is 1. The molecular weight excluding hydrogens is 384 g/mol. The number of aromatic amines is 1. The van der Waals surface area contributed by atoms with Gasteiger partial charge in [-0.3, -0.25) is 4.79 Å². The number of benzene rings is 2. The highest BCUT2D eigenvalue weighted by Crippen LogP contribution is 2.24. The smallest absolute Gasteiger partial charge is 0.258 e. The van der Waals surface area contributed by atoms with Gasteiger partial charge in [0.2, 0.25) is 5.16 Å². The molecule has 2 aromatic carbocycles. The van der Waals surface area contributed by atoms with E-state index in [1.54, 1.807) is 18.2 Å². The summed E-state index contributed by atoms with van der Waals surface area (Å²) < 4.78 is 1.41. The van der Waals surface area contributed by atoms with E-state index >= 15 is 0 Å². The van der Waals surface area contributed by atoms with E-state index in [-0.39, 0.29) is 5.56 Å². The first-order chi connectivity index (χ1) is 13.0. The molecule has 136 valence electrons. The van der Waals surface area contributed by atoms with E-state index in [1.165, 1.54) is 16.4 Å². The van der Waals surface area contributed by atoms with E-state index in [9.17, 15) is 4.79 Å². The topological polar surface area (TPSA) is 102 Å². The maximum absolute atomic E-state index is 12.3. The molecule has 4 rings (SSSR count). The van der Waals surface area contributed by atoms with Crippen molar-refractivity contribution in [3.05, 3.63) is 69.2 Å². The number of aromatic nitrogens is 5. The lowest BCUT2D eigenvalue weighted by Crippen LogP contribution is -2.13. The molecule has 0 aliphatic rings. The minimum atomic E-state index is -0.157. The van der Waals surface area contributed by atoms with Crippen LogP contribution in [0.4, 0.5) is 0 Å². The number of H-pyrrole nitrogens is 1. The van der Waals surface area contributed by atoms with Crippen LogP contribution in [0.2, 0.25) is 5.02 Å². The number of hydrogen-bond acceptors (Lipinski definition) is 6. The zero-order valence-corrected chi connectivity index (χ0v) is 15.9. The highest BCUT2D eigenvalue weighted by molar-refractivity contribution is 7.98. The average molecular weight is 399 g/mol. The normalized spacial score (nSPS) is 11.2. The Morgan fingerprint density at radius 2 is 1.96 bits per heavy atom. The zero-order chi connectivity index (χ0) is 19.0. The number of fused-ring (bicyclic) bond motifs is 1. The summed E-state index contributed by atoms with van der Waals surface area (Å²) in [5.74, 6) is 7.63. The van der Waals surface area contributed by atoms with Crippen LogP contribution in [-0.4, -0.2) is 24.8 Å². The molecule has 0 fully saturated rings. The molecule has 0 spiro atoms. The number of nitrogens with one attached hydrogen (secondary N) is 1. The van der Waals surface area contributed by atoms with Gasteiger partial charge in [-0.15, -0.1) is 10.2 Å². The van der Waals surface area contributed by atoms with Crippen LogP contribution >= 0.6 is 23.4 Å². The monoisotopic (exact) mass is 398 g/mol. The quantitative estimate of drug-likeness (QED) is 0.404. The first-order valence-corrected chi connectivity index (χ1v) is 9.47. The predicted octanol–water partition coefficient (Wildman–Crippen LogP) is 3.15. The lowest BCUT2D eigenvalue weighted by Gasteiger charge is -2.05. The van der Waals surface area contributed by atoms with Gasteiger partial charge in [-0.2, -0.15) is 0 Å². The number of para-hydroxylation sites is 1. The van der Waals surface area contributed by atoms with Crippen molar-refractivity contribution in [2.24, 2.45) is 0 Å². The number of halogens is 1. The van der Waals surface area contributed by atoms with Gasteiger partial charge in [-0.1, -0.05) is 35.5 Å². The number of hydrogen-bond donors (Lipinski definition) is 2. The summed E-state index contributed by atoms with van der Waals surface area (Å²) in [5, 5.41) is 10.0. The molecule has 0 saturated heterocycles. The molecule has 0 aliphatic heterocycles. The Morgan fingerprint density at radius 1 is 1.19 bits per heavy atom. The average Bonchev–Trinajstić information content (AvgIpc) is 3.02. The third-order valence-corrected chi connectivity index (χ3v) is 5.30. The number of nitrogens with two attached hydrogens (primary N) is 1. The largest absolute Gasteiger partial charge is 0.335 e. The SMILES string of the molecule is Cc1cccc2c(=O)[nH]c(CSc3nnc(-c4ccc(Cl)cc4)n3N)nc12. The summed E-state index contributed by atoms with van der Waals surface area (Å²) in [6, 6.07) is 12.7. The van der Waals surface area contributed by atoms with Crippen molar-refractivity contribution in [2.45, 2.75) is 17.8 Å². The second kappa shape index (κ2) is 7.05. The Balaban J connectivity index is 1.59. The van der Waals surface area contributed by atoms with E-state index < -0.39 is 0 Å². The minimum absolute atomic E-state index is 0.157. The molecular formula is C18H15ClN6OS. The molecule has 2 aromatic heterocycles. The number of rotatable bonds is 4. The Morgan fingerprint density at radius 3 is 2.74 bits per heavy atom. The van der Waals surface area contributed by atoms with Crippen LogP contribution in [0.5, 0.6) is 0 Å². The Kier molecular flexibility index (Phi) is 4.59. The van der Waals surface area contributed by atoms with Gasteiger partial charge in [0.1, 0.15) is 5.82 Å². The molecule has 2 heterocycles. The molecule has 0 bridgehead atoms. The zero-order valence-electron chi connectivity index (χ0n) is 14.3. The first kappa shape index (κ1) is 17.6.